The van der Waals surface area contributed by atoms with Crippen LogP contribution in [0.5, 0.6) is 0 Å². The number of cyclic esters (lactones) is 1. The molecule has 5 heteroatoms. The molecule has 1 heterocycles. The Hall–Kier alpha value is -1.52. The van der Waals surface area contributed by atoms with Crippen LogP contribution in [-0.4, -0.2) is 29.8 Å². The Morgan fingerprint density at radius 2 is 2.00 bits per heavy atom. The lowest BCUT2D eigenvalue weighted by Gasteiger charge is -2.34. The molecule has 1 aliphatic heterocycles. The Morgan fingerprint density at radius 3 is 2.47 bits per heavy atom. The van der Waals surface area contributed by atoms with Crippen molar-refractivity contribution in [2.24, 2.45) is 0 Å². The first-order valence-corrected chi connectivity index (χ1v) is 6.39. The molecule has 0 aliphatic carbocycles. The average Bonchev–Trinajstić information content (AvgIpc) is 2.21. The number of nitrogens with one attached hydrogen (secondary N) is 1. The van der Waals surface area contributed by atoms with Crippen molar-refractivity contribution in [3.8, 4) is 0 Å². The number of ether oxygens (including phenoxy) is 2. The minimum Gasteiger partial charge on any atom is -0.454 e. The minimum absolute atomic E-state index is 0.234. The lowest BCUT2D eigenvalue weighted by atomic mass is 9.91. The van der Waals surface area contributed by atoms with Crippen LogP contribution < -0.4 is 5.32 Å². The Kier molecular flexibility index (Phi) is 4.28. The maximum Gasteiger partial charge on any atom is 0.407 e. The summed E-state index contributed by atoms with van der Waals surface area (Å²) in [6, 6.07) is 0. The van der Waals surface area contributed by atoms with Gasteiger partial charge < -0.3 is 14.8 Å². The van der Waals surface area contributed by atoms with Gasteiger partial charge in [0.05, 0.1) is 6.54 Å². The first-order chi connectivity index (χ1) is 8.52. The highest BCUT2D eigenvalue weighted by Crippen LogP contribution is 2.29. The maximum absolute atomic E-state index is 11.7. The van der Waals surface area contributed by atoms with Gasteiger partial charge in [0.1, 0.15) is 11.2 Å². The predicted octanol–water partition coefficient (Wildman–Crippen LogP) is 2.55. The molecule has 1 N–H and O–H groups in total. The van der Waals surface area contributed by atoms with E-state index in [0.717, 1.165) is 5.57 Å². The van der Waals surface area contributed by atoms with E-state index < -0.39 is 17.3 Å². The molecular formula is C14H23NO4. The van der Waals surface area contributed by atoms with E-state index in [1.807, 2.05) is 6.92 Å². The molecule has 108 valence electrons. The van der Waals surface area contributed by atoms with Crippen molar-refractivity contribution in [1.29, 1.82) is 0 Å². The molecule has 0 aromatic carbocycles. The van der Waals surface area contributed by atoms with Crippen LogP contribution in [0.1, 0.15) is 48.0 Å². The number of amides is 1. The normalized spacial score (nSPS) is 24.0. The second kappa shape index (κ2) is 5.23. The second-order valence-electron chi connectivity index (χ2n) is 6.28. The predicted molar refractivity (Wildman–Crippen MR) is 71.7 cm³/mol. The molecule has 0 bridgehead atoms. The SMILES string of the molecule is CC1=C(C)C(=O)OC(C)(CNC(=O)OC(C)(C)C)C1. The van der Waals surface area contributed by atoms with Gasteiger partial charge in [-0.05, 0) is 41.5 Å². The van der Waals surface area contributed by atoms with Gasteiger partial charge in [0.25, 0.3) is 0 Å². The van der Waals surface area contributed by atoms with E-state index in [0.29, 0.717) is 12.0 Å². The fourth-order valence-corrected chi connectivity index (χ4v) is 1.88. The van der Waals surface area contributed by atoms with E-state index >= 15 is 0 Å². The Balaban J connectivity index is 2.59. The van der Waals surface area contributed by atoms with Gasteiger partial charge in [0.15, 0.2) is 0 Å². The molecule has 1 amide bonds. The number of carbonyl (C=O) groups excluding carboxylic acids is 2. The fraction of sp³-hybridized carbons (Fsp3) is 0.714. The molecule has 19 heavy (non-hydrogen) atoms. The summed E-state index contributed by atoms with van der Waals surface area (Å²) in [4.78, 5) is 23.3. The van der Waals surface area contributed by atoms with Crippen LogP contribution in [0.4, 0.5) is 4.79 Å². The monoisotopic (exact) mass is 269 g/mol. The van der Waals surface area contributed by atoms with Gasteiger partial charge in [-0.2, -0.15) is 0 Å². The van der Waals surface area contributed by atoms with Crippen molar-refractivity contribution < 1.29 is 19.1 Å². The lowest BCUT2D eigenvalue weighted by molar-refractivity contribution is -0.154. The number of alkyl carbamates (subject to hydrolysis) is 1. The highest BCUT2D eigenvalue weighted by atomic mass is 16.6. The molecule has 1 rings (SSSR count). The molecule has 0 aromatic rings. The van der Waals surface area contributed by atoms with Crippen molar-refractivity contribution >= 4 is 12.1 Å². The largest absolute Gasteiger partial charge is 0.454 e. The van der Waals surface area contributed by atoms with Crippen LogP contribution in [0.25, 0.3) is 0 Å². The van der Waals surface area contributed by atoms with Gasteiger partial charge in [-0.3, -0.25) is 0 Å². The molecule has 0 fully saturated rings. The second-order valence-corrected chi connectivity index (χ2v) is 6.28. The van der Waals surface area contributed by atoms with Crippen LogP contribution in [0.3, 0.4) is 0 Å². The third-order valence-electron chi connectivity index (χ3n) is 2.93. The number of carbonyl (C=O) groups is 2. The molecule has 5 nitrogen and oxygen atoms in total. The fourth-order valence-electron chi connectivity index (χ4n) is 1.88. The molecule has 0 aromatic heterocycles. The van der Waals surface area contributed by atoms with E-state index in [9.17, 15) is 9.59 Å². The van der Waals surface area contributed by atoms with Crippen molar-refractivity contribution in [3.63, 3.8) is 0 Å². The van der Waals surface area contributed by atoms with E-state index in [-0.39, 0.29) is 12.5 Å². The molecule has 0 radical (unpaired) electrons. The molecule has 1 atom stereocenters. The van der Waals surface area contributed by atoms with Crippen molar-refractivity contribution in [3.05, 3.63) is 11.1 Å². The minimum atomic E-state index is -0.711. The zero-order valence-corrected chi connectivity index (χ0v) is 12.5. The summed E-state index contributed by atoms with van der Waals surface area (Å²) in [5, 5.41) is 2.64. The third kappa shape index (κ3) is 4.58. The summed E-state index contributed by atoms with van der Waals surface area (Å²) >= 11 is 0. The first kappa shape index (κ1) is 15.5. The first-order valence-electron chi connectivity index (χ1n) is 6.39. The molecule has 0 spiro atoms. The quantitative estimate of drug-likeness (QED) is 0.782. The number of esters is 1. The van der Waals surface area contributed by atoms with Gasteiger partial charge in [-0.25, -0.2) is 9.59 Å². The van der Waals surface area contributed by atoms with Crippen LogP contribution in [-0.2, 0) is 14.3 Å². The summed E-state index contributed by atoms with van der Waals surface area (Å²) in [5.41, 5.74) is 0.387. The van der Waals surface area contributed by atoms with Crippen molar-refractivity contribution in [1.82, 2.24) is 5.32 Å². The highest BCUT2D eigenvalue weighted by molar-refractivity contribution is 5.90. The van der Waals surface area contributed by atoms with E-state index in [1.165, 1.54) is 0 Å². The van der Waals surface area contributed by atoms with Gasteiger partial charge in [-0.15, -0.1) is 0 Å². The van der Waals surface area contributed by atoms with Crippen molar-refractivity contribution in [2.45, 2.75) is 59.2 Å². The summed E-state index contributed by atoms with van der Waals surface area (Å²) in [6.07, 6.45) is 0.106. The Bertz CT molecular complexity index is 420. The molecule has 1 unspecified atom stereocenters. The van der Waals surface area contributed by atoms with E-state index in [2.05, 4.69) is 5.32 Å². The van der Waals surface area contributed by atoms with Crippen LogP contribution in [0.2, 0.25) is 0 Å². The Morgan fingerprint density at radius 1 is 1.42 bits per heavy atom. The number of hydrogen-bond acceptors (Lipinski definition) is 4. The van der Waals surface area contributed by atoms with Crippen LogP contribution >= 0.6 is 0 Å². The summed E-state index contributed by atoms with van der Waals surface area (Å²) in [5.74, 6) is -0.322. The molecule has 0 saturated carbocycles. The molecule has 0 saturated heterocycles. The van der Waals surface area contributed by atoms with Crippen LogP contribution in [0.15, 0.2) is 11.1 Å². The molecular weight excluding hydrogens is 246 g/mol. The van der Waals surface area contributed by atoms with E-state index in [4.69, 9.17) is 9.47 Å². The van der Waals surface area contributed by atoms with Gasteiger partial charge in [-0.1, -0.05) is 5.57 Å². The van der Waals surface area contributed by atoms with Gasteiger partial charge >= 0.3 is 12.1 Å². The maximum atomic E-state index is 11.7. The van der Waals surface area contributed by atoms with Crippen LogP contribution in [0, 0.1) is 0 Å². The lowest BCUT2D eigenvalue weighted by Crippen LogP contribution is -2.47. The summed E-state index contributed by atoms with van der Waals surface area (Å²) in [6.45, 7) is 11.1. The molecule has 1 aliphatic rings. The average molecular weight is 269 g/mol. The summed E-state index contributed by atoms with van der Waals surface area (Å²) < 4.78 is 10.5. The topological polar surface area (TPSA) is 64.6 Å². The zero-order chi connectivity index (χ0) is 14.8. The standard InChI is InChI=1S/C14H23NO4/c1-9-7-14(6,18-11(16)10(9)2)8-15-12(17)19-13(3,4)5/h7-8H2,1-6H3,(H,15,17). The van der Waals surface area contributed by atoms with Gasteiger partial charge in [0, 0.05) is 12.0 Å². The zero-order valence-electron chi connectivity index (χ0n) is 12.5. The van der Waals surface area contributed by atoms with E-state index in [1.54, 1.807) is 34.6 Å². The number of hydrogen-bond donors (Lipinski definition) is 1. The number of rotatable bonds is 2. The smallest absolute Gasteiger partial charge is 0.407 e. The highest BCUT2D eigenvalue weighted by Gasteiger charge is 2.35. The van der Waals surface area contributed by atoms with Crippen molar-refractivity contribution in [2.75, 3.05) is 6.54 Å². The third-order valence-corrected chi connectivity index (χ3v) is 2.93. The summed E-state index contributed by atoms with van der Waals surface area (Å²) in [7, 11) is 0. The Labute approximate surface area is 114 Å². The van der Waals surface area contributed by atoms with Gasteiger partial charge in [0.2, 0.25) is 0 Å².